The first-order valence-corrected chi connectivity index (χ1v) is 7.30. The van der Waals surface area contributed by atoms with Crippen LogP contribution in [-0.2, 0) is 6.54 Å². The summed E-state index contributed by atoms with van der Waals surface area (Å²) in [5.74, 6) is -0.00759. The van der Waals surface area contributed by atoms with Crippen molar-refractivity contribution in [3.63, 3.8) is 0 Å². The predicted octanol–water partition coefficient (Wildman–Crippen LogP) is 2.44. The molecule has 1 atom stereocenters. The van der Waals surface area contributed by atoms with Crippen LogP contribution < -0.4 is 5.56 Å². The highest BCUT2D eigenvalue weighted by Crippen LogP contribution is 2.39. The molecule has 5 heteroatoms. The highest BCUT2D eigenvalue weighted by atomic mass is 32.2. The minimum Gasteiger partial charge on any atom is -0.477 e. The van der Waals surface area contributed by atoms with Crippen molar-refractivity contribution in [3.05, 3.63) is 64.1 Å². The van der Waals surface area contributed by atoms with Gasteiger partial charge in [-0.05, 0) is 23.8 Å². The van der Waals surface area contributed by atoms with E-state index in [4.69, 9.17) is 5.11 Å². The fourth-order valence-corrected chi connectivity index (χ4v) is 3.70. The maximum Gasteiger partial charge on any atom is 0.341 e. The molecule has 0 aliphatic carbocycles. The van der Waals surface area contributed by atoms with E-state index < -0.39 is 11.5 Å². The summed E-state index contributed by atoms with van der Waals surface area (Å²) < 4.78 is 1.50. The van der Waals surface area contributed by atoms with E-state index in [1.54, 1.807) is 24.0 Å². The first-order valence-electron chi connectivity index (χ1n) is 6.31. The van der Waals surface area contributed by atoms with Crippen LogP contribution in [0, 0.1) is 0 Å². The van der Waals surface area contributed by atoms with Crippen molar-refractivity contribution in [3.8, 4) is 0 Å². The molecule has 0 fully saturated rings. The second kappa shape index (κ2) is 5.17. The van der Waals surface area contributed by atoms with E-state index >= 15 is 0 Å². The van der Waals surface area contributed by atoms with Gasteiger partial charge < -0.3 is 9.67 Å². The van der Waals surface area contributed by atoms with Crippen molar-refractivity contribution < 1.29 is 9.90 Å². The molecule has 0 saturated carbocycles. The maximum absolute atomic E-state index is 12.1. The number of pyridine rings is 1. The smallest absolute Gasteiger partial charge is 0.341 e. The number of rotatable bonds is 3. The highest BCUT2D eigenvalue weighted by Gasteiger charge is 2.23. The molecule has 0 spiro atoms. The Bertz CT molecular complexity index is 723. The molecule has 1 aliphatic rings. The van der Waals surface area contributed by atoms with Crippen LogP contribution in [0.4, 0.5) is 0 Å². The second-order valence-electron chi connectivity index (χ2n) is 4.73. The van der Waals surface area contributed by atoms with Gasteiger partial charge in [-0.1, -0.05) is 18.2 Å². The Balaban J connectivity index is 1.92. The van der Waals surface area contributed by atoms with Crippen molar-refractivity contribution in [2.24, 2.45) is 0 Å². The molecule has 3 rings (SSSR count). The van der Waals surface area contributed by atoms with Gasteiger partial charge in [0.15, 0.2) is 0 Å². The molecule has 0 amide bonds. The molecule has 20 heavy (non-hydrogen) atoms. The molecule has 0 saturated heterocycles. The van der Waals surface area contributed by atoms with Gasteiger partial charge in [0.05, 0.1) is 0 Å². The fraction of sp³-hybridized carbons (Fsp3) is 0.200. The van der Waals surface area contributed by atoms with Crippen molar-refractivity contribution >= 4 is 17.7 Å². The van der Waals surface area contributed by atoms with E-state index in [2.05, 4.69) is 12.1 Å². The van der Waals surface area contributed by atoms with Crippen LogP contribution in [0.1, 0.15) is 21.8 Å². The Kier molecular flexibility index (Phi) is 3.36. The lowest BCUT2D eigenvalue weighted by atomic mass is 10.0. The summed E-state index contributed by atoms with van der Waals surface area (Å²) in [6, 6.07) is 11.1. The molecule has 1 aromatic carbocycles. The Labute approximate surface area is 120 Å². The van der Waals surface area contributed by atoms with E-state index in [1.165, 1.54) is 21.1 Å². The molecule has 1 aliphatic heterocycles. The lowest BCUT2D eigenvalue weighted by Gasteiger charge is -2.13. The Morgan fingerprint density at radius 3 is 2.90 bits per heavy atom. The molecule has 1 unspecified atom stereocenters. The van der Waals surface area contributed by atoms with Gasteiger partial charge in [-0.2, -0.15) is 0 Å². The van der Waals surface area contributed by atoms with Gasteiger partial charge >= 0.3 is 5.97 Å². The van der Waals surface area contributed by atoms with E-state index in [9.17, 15) is 9.59 Å². The molecule has 102 valence electrons. The molecule has 0 bridgehead atoms. The van der Waals surface area contributed by atoms with Gasteiger partial charge in [0.2, 0.25) is 0 Å². The summed E-state index contributed by atoms with van der Waals surface area (Å²) in [4.78, 5) is 24.3. The fourth-order valence-electron chi connectivity index (χ4n) is 2.46. The van der Waals surface area contributed by atoms with Crippen molar-refractivity contribution in [2.45, 2.75) is 17.4 Å². The monoisotopic (exact) mass is 287 g/mol. The summed E-state index contributed by atoms with van der Waals surface area (Å²) in [6.45, 7) is 0.518. The largest absolute Gasteiger partial charge is 0.477 e. The zero-order valence-corrected chi connectivity index (χ0v) is 11.5. The minimum atomic E-state index is -1.18. The standard InChI is InChI=1S/C15H13NO3S/c17-14-12(15(18)19)5-3-7-16(14)8-10-9-20-13-6-2-1-4-11(10)13/h1-7,10H,8-9H2,(H,18,19). The number of carbonyl (C=O) groups is 1. The average Bonchev–Trinajstić information content (AvgIpc) is 2.84. The van der Waals surface area contributed by atoms with Crippen molar-refractivity contribution in [2.75, 3.05) is 5.75 Å². The molecule has 0 radical (unpaired) electrons. The lowest BCUT2D eigenvalue weighted by Crippen LogP contribution is -2.27. The van der Waals surface area contributed by atoms with E-state index in [0.717, 1.165) is 5.75 Å². The van der Waals surface area contributed by atoms with E-state index in [-0.39, 0.29) is 11.5 Å². The number of nitrogens with zero attached hydrogens (tertiary/aromatic N) is 1. The molecule has 2 heterocycles. The number of carboxylic acid groups (broad SMARTS) is 1. The summed E-state index contributed by atoms with van der Waals surface area (Å²) >= 11 is 1.78. The summed E-state index contributed by atoms with van der Waals surface area (Å²) in [7, 11) is 0. The number of fused-ring (bicyclic) bond motifs is 1. The Hall–Kier alpha value is -2.01. The van der Waals surface area contributed by atoms with Crippen molar-refractivity contribution in [1.82, 2.24) is 4.57 Å². The normalized spacial score (nSPS) is 16.9. The summed E-state index contributed by atoms with van der Waals surface area (Å²) in [6.07, 6.45) is 1.65. The first-order chi connectivity index (χ1) is 9.66. The van der Waals surface area contributed by atoms with Gasteiger partial charge in [0, 0.05) is 29.3 Å². The lowest BCUT2D eigenvalue weighted by molar-refractivity contribution is 0.0694. The van der Waals surface area contributed by atoms with Crippen LogP contribution in [0.2, 0.25) is 0 Å². The SMILES string of the molecule is O=C(O)c1cccn(CC2CSc3ccccc32)c1=O. The molecule has 1 N–H and O–H groups in total. The first kappa shape index (κ1) is 13.0. The van der Waals surface area contributed by atoms with Gasteiger partial charge in [0.25, 0.3) is 5.56 Å². The number of aromatic carboxylic acids is 1. The number of hydrogen-bond donors (Lipinski definition) is 1. The predicted molar refractivity (Wildman–Crippen MR) is 77.6 cm³/mol. The van der Waals surface area contributed by atoms with Crippen LogP contribution >= 0.6 is 11.8 Å². The molecule has 1 aromatic heterocycles. The summed E-state index contributed by atoms with van der Waals surface area (Å²) in [5, 5.41) is 8.99. The van der Waals surface area contributed by atoms with E-state index in [0.29, 0.717) is 6.54 Å². The van der Waals surface area contributed by atoms with Crippen LogP contribution in [0.25, 0.3) is 0 Å². The van der Waals surface area contributed by atoms with Gasteiger partial charge in [-0.3, -0.25) is 4.79 Å². The zero-order chi connectivity index (χ0) is 14.1. The highest BCUT2D eigenvalue weighted by molar-refractivity contribution is 7.99. The van der Waals surface area contributed by atoms with Crippen LogP contribution in [0.5, 0.6) is 0 Å². The topological polar surface area (TPSA) is 59.3 Å². The van der Waals surface area contributed by atoms with E-state index in [1.807, 2.05) is 12.1 Å². The molecule has 2 aromatic rings. The molecule has 4 nitrogen and oxygen atoms in total. The number of benzene rings is 1. The average molecular weight is 287 g/mol. The number of thioether (sulfide) groups is 1. The third-order valence-corrected chi connectivity index (χ3v) is 4.72. The quantitative estimate of drug-likeness (QED) is 0.942. The number of hydrogen-bond acceptors (Lipinski definition) is 3. The van der Waals surface area contributed by atoms with Crippen LogP contribution in [-0.4, -0.2) is 21.4 Å². The number of aromatic nitrogens is 1. The zero-order valence-electron chi connectivity index (χ0n) is 10.7. The third-order valence-electron chi connectivity index (χ3n) is 3.47. The minimum absolute atomic E-state index is 0.175. The van der Waals surface area contributed by atoms with Crippen molar-refractivity contribution in [1.29, 1.82) is 0 Å². The third kappa shape index (κ3) is 2.25. The molecular weight excluding hydrogens is 274 g/mol. The van der Waals surface area contributed by atoms with Gasteiger partial charge in [0.1, 0.15) is 5.56 Å². The van der Waals surface area contributed by atoms with Gasteiger partial charge in [-0.25, -0.2) is 4.79 Å². The maximum atomic E-state index is 12.1. The Morgan fingerprint density at radius 2 is 2.10 bits per heavy atom. The van der Waals surface area contributed by atoms with Crippen LogP contribution in [0.3, 0.4) is 0 Å². The van der Waals surface area contributed by atoms with Crippen LogP contribution in [0.15, 0.2) is 52.3 Å². The Morgan fingerprint density at radius 1 is 1.30 bits per heavy atom. The number of carboxylic acids is 1. The summed E-state index contributed by atoms with van der Waals surface area (Å²) in [5.41, 5.74) is 0.631. The second-order valence-corrected chi connectivity index (χ2v) is 5.79. The molecular formula is C15H13NO3S. The van der Waals surface area contributed by atoms with Gasteiger partial charge in [-0.15, -0.1) is 11.8 Å².